The average Bonchev–Trinajstić information content (AvgIpc) is 2.65. The van der Waals surface area contributed by atoms with Gasteiger partial charge in [0.15, 0.2) is 0 Å². The second-order valence-corrected chi connectivity index (χ2v) is 6.41. The molecule has 0 unspecified atom stereocenters. The number of nitrogens with zero attached hydrogens (tertiary/aromatic N) is 1. The van der Waals surface area contributed by atoms with Crippen LogP contribution >= 0.6 is 0 Å². The van der Waals surface area contributed by atoms with Crippen molar-refractivity contribution in [3.05, 3.63) is 64.4 Å². The Morgan fingerprint density at radius 3 is 2.29 bits per heavy atom. The number of pyridine rings is 1. The predicted molar refractivity (Wildman–Crippen MR) is 109 cm³/mol. The number of carbonyl (C=O) groups is 2. The highest BCUT2D eigenvalue weighted by Gasteiger charge is 2.14. The van der Waals surface area contributed by atoms with E-state index in [0.717, 1.165) is 10.9 Å². The number of ether oxygens (including phenoxy) is 1. The molecule has 0 atom stereocenters. The zero-order chi connectivity index (χ0) is 20.3. The van der Waals surface area contributed by atoms with Gasteiger partial charge in [-0.05, 0) is 42.8 Å². The SMILES string of the molecule is COc1cccc2c(C)cc(=O)n(CC(=O)Nc3ccc(NC(C)=O)cc3)c12. The fourth-order valence-corrected chi connectivity index (χ4v) is 3.08. The number of anilines is 2. The lowest BCUT2D eigenvalue weighted by Crippen LogP contribution is -2.28. The lowest BCUT2D eigenvalue weighted by atomic mass is 10.1. The zero-order valence-electron chi connectivity index (χ0n) is 15.9. The number of carbonyl (C=O) groups excluding carboxylic acids is 2. The van der Waals surface area contributed by atoms with Crippen molar-refractivity contribution in [1.82, 2.24) is 4.57 Å². The van der Waals surface area contributed by atoms with Gasteiger partial charge in [0.25, 0.3) is 5.56 Å². The fraction of sp³-hybridized carbons (Fsp3) is 0.190. The van der Waals surface area contributed by atoms with E-state index < -0.39 is 0 Å². The Morgan fingerprint density at radius 2 is 1.68 bits per heavy atom. The molecule has 7 nitrogen and oxygen atoms in total. The van der Waals surface area contributed by atoms with Gasteiger partial charge in [0.05, 0.1) is 12.6 Å². The van der Waals surface area contributed by atoms with Crippen LogP contribution < -0.4 is 20.9 Å². The van der Waals surface area contributed by atoms with E-state index >= 15 is 0 Å². The minimum absolute atomic E-state index is 0.149. The Bertz CT molecular complexity index is 1100. The first kappa shape index (κ1) is 19.2. The van der Waals surface area contributed by atoms with Gasteiger partial charge >= 0.3 is 0 Å². The van der Waals surface area contributed by atoms with E-state index in [9.17, 15) is 14.4 Å². The van der Waals surface area contributed by atoms with E-state index in [1.54, 1.807) is 30.3 Å². The van der Waals surface area contributed by atoms with Crippen LogP contribution in [-0.4, -0.2) is 23.5 Å². The zero-order valence-corrected chi connectivity index (χ0v) is 15.9. The van der Waals surface area contributed by atoms with Crippen molar-refractivity contribution in [3.63, 3.8) is 0 Å². The van der Waals surface area contributed by atoms with Gasteiger partial charge in [-0.3, -0.25) is 19.0 Å². The Hall–Kier alpha value is -3.61. The molecule has 2 N–H and O–H groups in total. The molecule has 1 aromatic heterocycles. The molecule has 2 amide bonds. The third-order valence-electron chi connectivity index (χ3n) is 4.31. The number of methoxy groups -OCH3 is 1. The highest BCUT2D eigenvalue weighted by Crippen LogP contribution is 2.26. The van der Waals surface area contributed by atoms with Crippen molar-refractivity contribution < 1.29 is 14.3 Å². The molecule has 0 aliphatic rings. The van der Waals surface area contributed by atoms with Gasteiger partial charge in [0.1, 0.15) is 12.3 Å². The van der Waals surface area contributed by atoms with E-state index in [1.165, 1.54) is 24.7 Å². The van der Waals surface area contributed by atoms with Crippen molar-refractivity contribution in [3.8, 4) is 5.75 Å². The summed E-state index contributed by atoms with van der Waals surface area (Å²) in [7, 11) is 1.53. The number of amides is 2. The molecule has 1 heterocycles. The topological polar surface area (TPSA) is 89.4 Å². The maximum atomic E-state index is 12.5. The second-order valence-electron chi connectivity index (χ2n) is 6.41. The minimum Gasteiger partial charge on any atom is -0.495 e. The summed E-state index contributed by atoms with van der Waals surface area (Å²) < 4.78 is 6.80. The molecule has 0 radical (unpaired) electrons. The number of benzene rings is 2. The molecular weight excluding hydrogens is 358 g/mol. The summed E-state index contributed by atoms with van der Waals surface area (Å²) >= 11 is 0. The molecule has 2 aromatic carbocycles. The minimum atomic E-state index is -0.342. The van der Waals surface area contributed by atoms with Crippen LogP contribution in [0.15, 0.2) is 53.3 Å². The molecule has 0 fully saturated rings. The third kappa shape index (κ3) is 4.03. The lowest BCUT2D eigenvalue weighted by molar-refractivity contribution is -0.117. The summed E-state index contributed by atoms with van der Waals surface area (Å²) in [6.45, 7) is 3.13. The second kappa shape index (κ2) is 7.96. The monoisotopic (exact) mass is 379 g/mol. The molecule has 28 heavy (non-hydrogen) atoms. The fourth-order valence-electron chi connectivity index (χ4n) is 3.08. The molecule has 0 aliphatic heterocycles. The molecule has 0 bridgehead atoms. The molecule has 0 saturated carbocycles. The molecule has 0 aliphatic carbocycles. The quantitative estimate of drug-likeness (QED) is 0.713. The van der Waals surface area contributed by atoms with Crippen LogP contribution in [-0.2, 0) is 16.1 Å². The number of fused-ring (bicyclic) bond motifs is 1. The standard InChI is InChI=1S/C21H21N3O4/c1-13-11-20(27)24(21-17(13)5-4-6-18(21)28-3)12-19(26)23-16-9-7-15(8-10-16)22-14(2)25/h4-11H,12H2,1-3H3,(H,22,25)(H,23,26). The molecule has 144 valence electrons. The molecule has 3 aromatic rings. The summed E-state index contributed by atoms with van der Waals surface area (Å²) in [5, 5.41) is 6.28. The van der Waals surface area contributed by atoms with E-state index in [2.05, 4.69) is 10.6 Å². The van der Waals surface area contributed by atoms with Crippen molar-refractivity contribution >= 4 is 34.1 Å². The first-order chi connectivity index (χ1) is 13.4. The smallest absolute Gasteiger partial charge is 0.251 e. The Kier molecular flexibility index (Phi) is 5.44. The van der Waals surface area contributed by atoms with Gasteiger partial charge in [-0.15, -0.1) is 0 Å². The lowest BCUT2D eigenvalue weighted by Gasteiger charge is -2.15. The molecule has 3 rings (SSSR count). The van der Waals surface area contributed by atoms with Crippen LogP contribution in [0, 0.1) is 6.92 Å². The number of rotatable bonds is 5. The summed E-state index contributed by atoms with van der Waals surface area (Å²) in [4.78, 5) is 36.2. The first-order valence-corrected chi connectivity index (χ1v) is 8.73. The van der Waals surface area contributed by atoms with Crippen LogP contribution in [0.3, 0.4) is 0 Å². The molecule has 7 heteroatoms. The summed E-state index contributed by atoms with van der Waals surface area (Å²) in [6.07, 6.45) is 0. The van der Waals surface area contributed by atoms with E-state index in [0.29, 0.717) is 22.6 Å². The highest BCUT2D eigenvalue weighted by atomic mass is 16.5. The summed E-state index contributed by atoms with van der Waals surface area (Å²) in [5.41, 5.74) is 2.34. The van der Waals surface area contributed by atoms with E-state index in [4.69, 9.17) is 4.74 Å². The average molecular weight is 379 g/mol. The van der Waals surface area contributed by atoms with Crippen molar-refractivity contribution in [2.24, 2.45) is 0 Å². The normalized spacial score (nSPS) is 10.5. The van der Waals surface area contributed by atoms with Crippen molar-refractivity contribution in [2.75, 3.05) is 17.7 Å². The Labute approximate surface area is 161 Å². The number of nitrogens with one attached hydrogen (secondary N) is 2. The van der Waals surface area contributed by atoms with Gasteiger partial charge in [-0.25, -0.2) is 0 Å². The molecular formula is C21H21N3O4. The van der Waals surface area contributed by atoms with Gasteiger partial charge in [-0.1, -0.05) is 12.1 Å². The van der Waals surface area contributed by atoms with Gasteiger partial charge in [0.2, 0.25) is 11.8 Å². The van der Waals surface area contributed by atoms with Gasteiger partial charge in [0, 0.05) is 29.8 Å². The van der Waals surface area contributed by atoms with Crippen molar-refractivity contribution in [1.29, 1.82) is 0 Å². The van der Waals surface area contributed by atoms with Gasteiger partial charge in [-0.2, -0.15) is 0 Å². The Morgan fingerprint density at radius 1 is 1.04 bits per heavy atom. The number of aromatic nitrogens is 1. The van der Waals surface area contributed by atoms with E-state index in [-0.39, 0.29) is 23.9 Å². The maximum absolute atomic E-state index is 12.5. The number of para-hydroxylation sites is 1. The third-order valence-corrected chi connectivity index (χ3v) is 4.31. The predicted octanol–water partition coefficient (Wildman–Crippen LogP) is 2.92. The number of hydrogen-bond donors (Lipinski definition) is 2. The van der Waals surface area contributed by atoms with Crippen LogP contribution in [0.2, 0.25) is 0 Å². The van der Waals surface area contributed by atoms with Crippen LogP contribution in [0.1, 0.15) is 12.5 Å². The molecule has 0 saturated heterocycles. The largest absolute Gasteiger partial charge is 0.495 e. The van der Waals surface area contributed by atoms with Crippen LogP contribution in [0.25, 0.3) is 10.9 Å². The molecule has 0 spiro atoms. The Balaban J connectivity index is 1.87. The maximum Gasteiger partial charge on any atom is 0.251 e. The number of aryl methyl sites for hydroxylation is 1. The van der Waals surface area contributed by atoms with Crippen LogP contribution in [0.4, 0.5) is 11.4 Å². The van der Waals surface area contributed by atoms with Crippen LogP contribution in [0.5, 0.6) is 5.75 Å². The van der Waals surface area contributed by atoms with Crippen molar-refractivity contribution in [2.45, 2.75) is 20.4 Å². The summed E-state index contributed by atoms with van der Waals surface area (Å²) in [5.74, 6) is 0.0209. The first-order valence-electron chi connectivity index (χ1n) is 8.73. The highest BCUT2D eigenvalue weighted by molar-refractivity contribution is 5.94. The summed E-state index contributed by atoms with van der Waals surface area (Å²) in [6, 6.07) is 13.7. The van der Waals surface area contributed by atoms with Gasteiger partial charge < -0.3 is 15.4 Å². The van der Waals surface area contributed by atoms with E-state index in [1.807, 2.05) is 19.1 Å². The number of hydrogen-bond acceptors (Lipinski definition) is 4.